The van der Waals surface area contributed by atoms with Crippen LogP contribution >= 0.6 is 0 Å². The molecule has 1 aliphatic rings. The molecule has 1 aliphatic heterocycles. The van der Waals surface area contributed by atoms with Crippen LogP contribution in [0.2, 0.25) is 0 Å². The van der Waals surface area contributed by atoms with Crippen LogP contribution in [0.3, 0.4) is 0 Å². The standard InChI is InChI=1S/C13H24N2O3/c1-4-12(3,8-14)10(16)15-7-6-13(5-2,9-15)11(17)18/h4-9,14H2,1-3H3,(H,17,18). The van der Waals surface area contributed by atoms with Crippen molar-refractivity contribution in [1.29, 1.82) is 0 Å². The van der Waals surface area contributed by atoms with Crippen LogP contribution in [0, 0.1) is 10.8 Å². The zero-order valence-electron chi connectivity index (χ0n) is 11.5. The topological polar surface area (TPSA) is 83.6 Å². The van der Waals surface area contributed by atoms with Crippen LogP contribution in [0.25, 0.3) is 0 Å². The molecule has 1 heterocycles. The second-order valence-electron chi connectivity index (χ2n) is 5.53. The van der Waals surface area contributed by atoms with E-state index in [2.05, 4.69) is 0 Å². The van der Waals surface area contributed by atoms with Crippen LogP contribution in [0.4, 0.5) is 0 Å². The number of hydrogen-bond acceptors (Lipinski definition) is 3. The Bertz CT molecular complexity index is 339. The maximum Gasteiger partial charge on any atom is 0.311 e. The molecule has 2 unspecified atom stereocenters. The minimum absolute atomic E-state index is 0.0101. The van der Waals surface area contributed by atoms with E-state index in [0.717, 1.165) is 0 Å². The molecule has 1 fully saturated rings. The maximum atomic E-state index is 12.4. The number of nitrogens with zero attached hydrogens (tertiary/aromatic N) is 1. The first-order valence-electron chi connectivity index (χ1n) is 6.58. The molecule has 0 saturated carbocycles. The van der Waals surface area contributed by atoms with Gasteiger partial charge in [0.2, 0.25) is 5.91 Å². The molecule has 1 saturated heterocycles. The van der Waals surface area contributed by atoms with E-state index in [1.54, 1.807) is 4.90 Å². The van der Waals surface area contributed by atoms with E-state index in [4.69, 9.17) is 5.73 Å². The lowest BCUT2D eigenvalue weighted by atomic mass is 9.84. The molecule has 0 spiro atoms. The summed E-state index contributed by atoms with van der Waals surface area (Å²) in [5.74, 6) is -0.810. The molecule has 18 heavy (non-hydrogen) atoms. The molecule has 104 valence electrons. The molecule has 1 amide bonds. The summed E-state index contributed by atoms with van der Waals surface area (Å²) in [6, 6.07) is 0. The monoisotopic (exact) mass is 256 g/mol. The molecule has 0 aromatic heterocycles. The lowest BCUT2D eigenvalue weighted by Gasteiger charge is -2.31. The Hall–Kier alpha value is -1.10. The van der Waals surface area contributed by atoms with E-state index in [-0.39, 0.29) is 5.91 Å². The normalized spacial score (nSPS) is 27.0. The van der Waals surface area contributed by atoms with Crippen LogP contribution < -0.4 is 5.73 Å². The second kappa shape index (κ2) is 5.26. The summed E-state index contributed by atoms with van der Waals surface area (Å²) in [6.07, 6.45) is 1.76. The smallest absolute Gasteiger partial charge is 0.311 e. The Morgan fingerprint density at radius 3 is 2.39 bits per heavy atom. The predicted octanol–water partition coefficient (Wildman–Crippen LogP) is 1.07. The van der Waals surface area contributed by atoms with Crippen molar-refractivity contribution in [1.82, 2.24) is 4.90 Å². The summed E-state index contributed by atoms with van der Waals surface area (Å²) in [5.41, 5.74) is 4.35. The van der Waals surface area contributed by atoms with Crippen molar-refractivity contribution in [2.24, 2.45) is 16.6 Å². The Labute approximate surface area is 108 Å². The molecule has 5 nitrogen and oxygen atoms in total. The third kappa shape index (κ3) is 2.36. The largest absolute Gasteiger partial charge is 0.481 e. The summed E-state index contributed by atoms with van der Waals surface area (Å²) in [4.78, 5) is 25.4. The highest BCUT2D eigenvalue weighted by atomic mass is 16.4. The highest BCUT2D eigenvalue weighted by Gasteiger charge is 2.47. The van der Waals surface area contributed by atoms with Crippen LogP contribution in [0.15, 0.2) is 0 Å². The van der Waals surface area contributed by atoms with Gasteiger partial charge in [-0.2, -0.15) is 0 Å². The van der Waals surface area contributed by atoms with Crippen molar-refractivity contribution in [3.05, 3.63) is 0 Å². The van der Waals surface area contributed by atoms with Crippen LogP contribution in [-0.4, -0.2) is 41.5 Å². The first-order chi connectivity index (χ1) is 8.35. The molecule has 1 rings (SSSR count). The number of rotatable bonds is 5. The van der Waals surface area contributed by atoms with Gasteiger partial charge in [-0.1, -0.05) is 13.8 Å². The minimum Gasteiger partial charge on any atom is -0.481 e. The second-order valence-corrected chi connectivity index (χ2v) is 5.53. The molecule has 0 aromatic carbocycles. The van der Waals surface area contributed by atoms with Crippen molar-refractivity contribution in [2.75, 3.05) is 19.6 Å². The van der Waals surface area contributed by atoms with Gasteiger partial charge < -0.3 is 15.7 Å². The SMILES string of the molecule is CCC(C)(CN)C(=O)N1CCC(CC)(C(=O)O)C1. The van der Waals surface area contributed by atoms with E-state index < -0.39 is 16.8 Å². The first-order valence-corrected chi connectivity index (χ1v) is 6.58. The zero-order chi connectivity index (χ0) is 14.0. The number of hydrogen-bond donors (Lipinski definition) is 2. The van der Waals surface area contributed by atoms with Crippen molar-refractivity contribution < 1.29 is 14.7 Å². The summed E-state index contributed by atoms with van der Waals surface area (Å²) < 4.78 is 0. The number of amides is 1. The van der Waals surface area contributed by atoms with E-state index in [9.17, 15) is 14.7 Å². The Morgan fingerprint density at radius 1 is 1.44 bits per heavy atom. The number of carbonyl (C=O) groups is 2. The lowest BCUT2D eigenvalue weighted by Crippen LogP contribution is -2.46. The summed E-state index contributed by atoms with van der Waals surface area (Å²) in [7, 11) is 0. The molecule has 0 aromatic rings. The summed E-state index contributed by atoms with van der Waals surface area (Å²) in [5, 5.41) is 9.32. The van der Waals surface area contributed by atoms with Crippen molar-refractivity contribution in [3.8, 4) is 0 Å². The van der Waals surface area contributed by atoms with Crippen molar-refractivity contribution in [3.63, 3.8) is 0 Å². The van der Waals surface area contributed by atoms with Crippen molar-refractivity contribution in [2.45, 2.75) is 40.0 Å². The van der Waals surface area contributed by atoms with Crippen LogP contribution in [-0.2, 0) is 9.59 Å². The van der Waals surface area contributed by atoms with Gasteiger partial charge in [-0.05, 0) is 26.2 Å². The summed E-state index contributed by atoms with van der Waals surface area (Å²) >= 11 is 0. The zero-order valence-corrected chi connectivity index (χ0v) is 11.5. The number of aliphatic carboxylic acids is 1. The number of likely N-dealkylation sites (tertiary alicyclic amines) is 1. The molecular weight excluding hydrogens is 232 g/mol. The van der Waals surface area contributed by atoms with Gasteiger partial charge in [0.05, 0.1) is 10.8 Å². The molecule has 2 atom stereocenters. The minimum atomic E-state index is -0.800. The average molecular weight is 256 g/mol. The highest BCUT2D eigenvalue weighted by molar-refractivity contribution is 5.84. The Kier molecular flexibility index (Phi) is 4.37. The Morgan fingerprint density at radius 2 is 2.06 bits per heavy atom. The van der Waals surface area contributed by atoms with Gasteiger partial charge >= 0.3 is 5.97 Å². The van der Waals surface area contributed by atoms with Gasteiger partial charge in [0.25, 0.3) is 0 Å². The highest BCUT2D eigenvalue weighted by Crippen LogP contribution is 2.36. The number of nitrogens with two attached hydrogens (primary N) is 1. The van der Waals surface area contributed by atoms with E-state index in [1.807, 2.05) is 20.8 Å². The fourth-order valence-corrected chi connectivity index (χ4v) is 2.42. The number of carbonyl (C=O) groups excluding carboxylic acids is 1. The quantitative estimate of drug-likeness (QED) is 0.771. The molecule has 5 heteroatoms. The van der Waals surface area contributed by atoms with Gasteiger partial charge in [0.15, 0.2) is 0 Å². The fourth-order valence-electron chi connectivity index (χ4n) is 2.42. The maximum absolute atomic E-state index is 12.4. The predicted molar refractivity (Wildman–Crippen MR) is 69.0 cm³/mol. The van der Waals surface area contributed by atoms with Gasteiger partial charge in [-0.15, -0.1) is 0 Å². The fraction of sp³-hybridized carbons (Fsp3) is 0.846. The average Bonchev–Trinajstić information content (AvgIpc) is 2.82. The van der Waals surface area contributed by atoms with Crippen LogP contribution in [0.5, 0.6) is 0 Å². The number of carboxylic acid groups (broad SMARTS) is 1. The lowest BCUT2D eigenvalue weighted by molar-refractivity contribution is -0.149. The van der Waals surface area contributed by atoms with Gasteiger partial charge in [-0.25, -0.2) is 0 Å². The molecular formula is C13H24N2O3. The molecule has 0 radical (unpaired) electrons. The number of carboxylic acids is 1. The van der Waals surface area contributed by atoms with E-state index in [0.29, 0.717) is 38.9 Å². The first kappa shape index (κ1) is 15.0. The van der Waals surface area contributed by atoms with Gasteiger partial charge in [0.1, 0.15) is 0 Å². The third-order valence-electron chi connectivity index (χ3n) is 4.52. The van der Waals surface area contributed by atoms with Crippen molar-refractivity contribution >= 4 is 11.9 Å². The van der Waals surface area contributed by atoms with Gasteiger partial charge in [-0.3, -0.25) is 9.59 Å². The third-order valence-corrected chi connectivity index (χ3v) is 4.52. The Balaban J connectivity index is 2.84. The van der Waals surface area contributed by atoms with E-state index in [1.165, 1.54) is 0 Å². The molecule has 0 aliphatic carbocycles. The molecule has 3 N–H and O–H groups in total. The van der Waals surface area contributed by atoms with E-state index >= 15 is 0 Å². The summed E-state index contributed by atoms with van der Waals surface area (Å²) in [6.45, 7) is 6.78. The molecule has 0 bridgehead atoms. The van der Waals surface area contributed by atoms with Crippen LogP contribution in [0.1, 0.15) is 40.0 Å². The van der Waals surface area contributed by atoms with Gasteiger partial charge in [0, 0.05) is 19.6 Å².